The Balaban J connectivity index is 1.76. The van der Waals surface area contributed by atoms with E-state index in [2.05, 4.69) is 5.32 Å². The van der Waals surface area contributed by atoms with E-state index in [4.69, 9.17) is 0 Å². The number of aliphatic hydroxyl groups excluding tert-OH is 1. The van der Waals surface area contributed by atoms with Crippen LogP contribution >= 0.6 is 0 Å². The third kappa shape index (κ3) is 2.45. The van der Waals surface area contributed by atoms with Gasteiger partial charge in [-0.25, -0.2) is 4.79 Å². The maximum Gasteiger partial charge on any atom is 0.321 e. The lowest BCUT2D eigenvalue weighted by Crippen LogP contribution is -2.35. The van der Waals surface area contributed by atoms with Crippen molar-refractivity contribution in [2.75, 3.05) is 12.4 Å². The molecule has 0 radical (unpaired) electrons. The van der Waals surface area contributed by atoms with Gasteiger partial charge in [-0.2, -0.15) is 0 Å². The third-order valence-electron chi connectivity index (χ3n) is 4.29. The number of benzene rings is 1. The Hall–Kier alpha value is -1.55. The second kappa shape index (κ2) is 4.85. The van der Waals surface area contributed by atoms with Crippen molar-refractivity contribution in [2.24, 2.45) is 5.92 Å². The molecule has 0 saturated heterocycles. The molecule has 1 aromatic rings. The SMILES string of the molecule is CN1Cc2cc(C(O)CC3CCC3)ccc2NC1=O. The predicted molar refractivity (Wildman–Crippen MR) is 73.8 cm³/mol. The highest BCUT2D eigenvalue weighted by Gasteiger charge is 2.24. The lowest BCUT2D eigenvalue weighted by Gasteiger charge is -2.29. The molecule has 2 N–H and O–H groups in total. The summed E-state index contributed by atoms with van der Waals surface area (Å²) in [5.41, 5.74) is 2.91. The number of rotatable bonds is 3. The average Bonchev–Trinajstić information content (AvgIpc) is 2.34. The van der Waals surface area contributed by atoms with E-state index in [-0.39, 0.29) is 12.1 Å². The number of amides is 2. The van der Waals surface area contributed by atoms with Gasteiger partial charge in [-0.15, -0.1) is 0 Å². The van der Waals surface area contributed by atoms with Crippen LogP contribution in [0.5, 0.6) is 0 Å². The Kier molecular flexibility index (Phi) is 3.19. The monoisotopic (exact) mass is 260 g/mol. The molecule has 19 heavy (non-hydrogen) atoms. The second-order valence-corrected chi connectivity index (χ2v) is 5.75. The van der Waals surface area contributed by atoms with Crippen LogP contribution in [0.1, 0.15) is 42.9 Å². The molecule has 1 aliphatic heterocycles. The summed E-state index contributed by atoms with van der Waals surface area (Å²) in [7, 11) is 1.77. The van der Waals surface area contributed by atoms with Crippen molar-refractivity contribution in [3.8, 4) is 0 Å². The first-order valence-corrected chi connectivity index (χ1v) is 6.96. The molecule has 0 bridgehead atoms. The fourth-order valence-corrected chi connectivity index (χ4v) is 2.79. The third-order valence-corrected chi connectivity index (χ3v) is 4.29. The first-order chi connectivity index (χ1) is 9.13. The van der Waals surface area contributed by atoms with E-state index >= 15 is 0 Å². The Morgan fingerprint density at radius 2 is 2.26 bits per heavy atom. The van der Waals surface area contributed by atoms with E-state index in [1.54, 1.807) is 11.9 Å². The van der Waals surface area contributed by atoms with Crippen LogP contribution in [-0.2, 0) is 6.54 Å². The quantitative estimate of drug-likeness (QED) is 0.878. The van der Waals surface area contributed by atoms with Gasteiger partial charge in [-0.05, 0) is 35.6 Å². The van der Waals surface area contributed by atoms with Gasteiger partial charge in [-0.1, -0.05) is 25.3 Å². The van der Waals surface area contributed by atoms with Crippen LogP contribution in [0.15, 0.2) is 18.2 Å². The van der Waals surface area contributed by atoms with E-state index in [1.807, 2.05) is 18.2 Å². The van der Waals surface area contributed by atoms with Gasteiger partial charge >= 0.3 is 6.03 Å². The molecule has 1 fully saturated rings. The Morgan fingerprint density at radius 1 is 1.47 bits per heavy atom. The van der Waals surface area contributed by atoms with Gasteiger partial charge in [0.2, 0.25) is 0 Å². The Morgan fingerprint density at radius 3 is 2.95 bits per heavy atom. The maximum absolute atomic E-state index is 11.5. The highest BCUT2D eigenvalue weighted by molar-refractivity contribution is 5.92. The standard InChI is InChI=1S/C15H20N2O2/c1-17-9-12-8-11(5-6-13(12)16-15(17)19)14(18)7-10-3-2-4-10/h5-6,8,10,14,18H,2-4,7,9H2,1H3,(H,16,19). The smallest absolute Gasteiger partial charge is 0.321 e. The summed E-state index contributed by atoms with van der Waals surface area (Å²) in [6.07, 6.45) is 4.29. The maximum atomic E-state index is 11.5. The minimum absolute atomic E-state index is 0.0738. The summed E-state index contributed by atoms with van der Waals surface area (Å²) in [5.74, 6) is 0.688. The van der Waals surface area contributed by atoms with Gasteiger partial charge in [0.1, 0.15) is 0 Å². The number of hydrogen-bond acceptors (Lipinski definition) is 2. The van der Waals surface area contributed by atoms with Gasteiger partial charge in [0.15, 0.2) is 0 Å². The topological polar surface area (TPSA) is 52.6 Å². The van der Waals surface area contributed by atoms with Crippen molar-refractivity contribution in [3.63, 3.8) is 0 Å². The number of nitrogens with one attached hydrogen (secondary N) is 1. The fraction of sp³-hybridized carbons (Fsp3) is 0.533. The number of carbonyl (C=O) groups is 1. The van der Waals surface area contributed by atoms with Crippen LogP contribution in [0.25, 0.3) is 0 Å². The predicted octanol–water partition coefficient (Wildman–Crippen LogP) is 2.89. The van der Waals surface area contributed by atoms with Crippen molar-refractivity contribution < 1.29 is 9.90 Å². The number of carbonyl (C=O) groups excluding carboxylic acids is 1. The Labute approximate surface area is 113 Å². The number of hydrogen-bond donors (Lipinski definition) is 2. The van der Waals surface area contributed by atoms with E-state index < -0.39 is 0 Å². The van der Waals surface area contributed by atoms with Gasteiger partial charge in [0, 0.05) is 19.3 Å². The fourth-order valence-electron chi connectivity index (χ4n) is 2.79. The number of aliphatic hydroxyl groups is 1. The zero-order valence-corrected chi connectivity index (χ0v) is 11.2. The molecule has 1 atom stereocenters. The van der Waals surface area contributed by atoms with Gasteiger partial charge < -0.3 is 15.3 Å². The number of anilines is 1. The molecule has 4 heteroatoms. The molecule has 1 heterocycles. The van der Waals surface area contributed by atoms with E-state index in [0.717, 1.165) is 23.2 Å². The zero-order valence-electron chi connectivity index (χ0n) is 11.2. The molecule has 2 amide bonds. The van der Waals surface area contributed by atoms with Crippen LogP contribution in [0.4, 0.5) is 10.5 Å². The number of nitrogens with zero attached hydrogens (tertiary/aromatic N) is 1. The van der Waals surface area contributed by atoms with Gasteiger partial charge in [0.25, 0.3) is 0 Å². The molecule has 3 rings (SSSR count). The molecule has 1 aliphatic carbocycles. The number of fused-ring (bicyclic) bond motifs is 1. The van der Waals surface area contributed by atoms with Crippen LogP contribution in [0.3, 0.4) is 0 Å². The molecule has 1 unspecified atom stereocenters. The normalized spacial score (nSPS) is 20.5. The molecule has 2 aliphatic rings. The van der Waals surface area contributed by atoms with E-state index in [1.165, 1.54) is 19.3 Å². The van der Waals surface area contributed by atoms with Crippen LogP contribution in [0.2, 0.25) is 0 Å². The highest BCUT2D eigenvalue weighted by Crippen LogP contribution is 2.35. The van der Waals surface area contributed by atoms with Crippen LogP contribution in [-0.4, -0.2) is 23.1 Å². The first-order valence-electron chi connectivity index (χ1n) is 6.96. The molecule has 102 valence electrons. The minimum Gasteiger partial charge on any atom is -0.388 e. The molecule has 0 spiro atoms. The van der Waals surface area contributed by atoms with E-state index in [9.17, 15) is 9.90 Å². The zero-order chi connectivity index (χ0) is 13.4. The lowest BCUT2D eigenvalue weighted by molar-refractivity contribution is 0.118. The van der Waals surface area contributed by atoms with Crippen molar-refractivity contribution in [1.82, 2.24) is 4.90 Å². The summed E-state index contributed by atoms with van der Waals surface area (Å²) in [6, 6.07) is 5.78. The molecule has 0 aromatic heterocycles. The van der Waals surface area contributed by atoms with Crippen molar-refractivity contribution in [3.05, 3.63) is 29.3 Å². The lowest BCUT2D eigenvalue weighted by atomic mass is 9.80. The molecular weight excluding hydrogens is 240 g/mol. The highest BCUT2D eigenvalue weighted by atomic mass is 16.3. The van der Waals surface area contributed by atoms with E-state index in [0.29, 0.717) is 12.5 Å². The molecule has 4 nitrogen and oxygen atoms in total. The summed E-state index contributed by atoms with van der Waals surface area (Å²) >= 11 is 0. The summed E-state index contributed by atoms with van der Waals surface area (Å²) < 4.78 is 0. The summed E-state index contributed by atoms with van der Waals surface area (Å²) in [6.45, 7) is 0.602. The van der Waals surface area contributed by atoms with Crippen molar-refractivity contribution in [1.29, 1.82) is 0 Å². The second-order valence-electron chi connectivity index (χ2n) is 5.75. The molecule has 1 aromatic carbocycles. The minimum atomic E-state index is -0.376. The summed E-state index contributed by atoms with van der Waals surface area (Å²) in [4.78, 5) is 13.2. The largest absolute Gasteiger partial charge is 0.388 e. The van der Waals surface area contributed by atoms with Crippen molar-refractivity contribution in [2.45, 2.75) is 38.3 Å². The van der Waals surface area contributed by atoms with Crippen LogP contribution < -0.4 is 5.32 Å². The first kappa shape index (κ1) is 12.5. The van der Waals surface area contributed by atoms with Gasteiger partial charge in [-0.3, -0.25) is 0 Å². The summed E-state index contributed by atoms with van der Waals surface area (Å²) in [5, 5.41) is 13.1. The Bertz CT molecular complexity index is 497. The van der Waals surface area contributed by atoms with Gasteiger partial charge in [0.05, 0.1) is 6.10 Å². The molecule has 1 saturated carbocycles. The molecular formula is C15H20N2O2. The van der Waals surface area contributed by atoms with Crippen LogP contribution in [0, 0.1) is 5.92 Å². The number of urea groups is 1. The average molecular weight is 260 g/mol. The van der Waals surface area contributed by atoms with Crippen molar-refractivity contribution >= 4 is 11.7 Å².